The number of amides is 1. The molecule has 94 valence electrons. The second-order valence-corrected chi connectivity index (χ2v) is 5.75. The zero-order valence-electron chi connectivity index (χ0n) is 10.3. The van der Waals surface area contributed by atoms with Gasteiger partial charge in [0.25, 0.3) is 0 Å². The van der Waals surface area contributed by atoms with E-state index in [1.165, 1.54) is 11.8 Å². The zero-order valence-corrected chi connectivity index (χ0v) is 11.9. The molecule has 0 radical (unpaired) electrons. The third kappa shape index (κ3) is 4.16. The van der Waals surface area contributed by atoms with Crippen LogP contribution >= 0.6 is 23.4 Å². The van der Waals surface area contributed by atoms with Gasteiger partial charge in [0, 0.05) is 13.1 Å². The number of nitrogens with zero attached hydrogens (tertiary/aromatic N) is 3. The van der Waals surface area contributed by atoms with Gasteiger partial charge in [-0.05, 0) is 32.9 Å². The summed E-state index contributed by atoms with van der Waals surface area (Å²) in [7, 11) is 1.80. The number of carbonyl (C=O) groups excluding carboxylic acids is 1. The van der Waals surface area contributed by atoms with Gasteiger partial charge >= 0.3 is 0 Å². The van der Waals surface area contributed by atoms with Crippen LogP contribution in [0.15, 0.2) is 17.2 Å². The maximum atomic E-state index is 12.0. The zero-order chi connectivity index (χ0) is 13.0. The van der Waals surface area contributed by atoms with Gasteiger partial charge in [0.15, 0.2) is 5.15 Å². The van der Waals surface area contributed by atoms with Gasteiger partial charge in [-0.3, -0.25) is 4.79 Å². The molecule has 0 aliphatic heterocycles. The topological polar surface area (TPSA) is 46.1 Å². The molecule has 0 fully saturated rings. The smallest absolute Gasteiger partial charge is 0.235 e. The Bertz CT molecular complexity index is 383. The molecule has 4 nitrogen and oxygen atoms in total. The molecular weight excluding hydrogens is 258 g/mol. The standard InChI is InChI=1S/C11H16ClN3OS/c1-7(2)15(4)11(16)8(3)17-10-6-5-9(12)13-14-10/h5-8H,1-4H3/t8-/m0/s1. The van der Waals surface area contributed by atoms with Crippen molar-refractivity contribution in [1.29, 1.82) is 0 Å². The summed E-state index contributed by atoms with van der Waals surface area (Å²) in [5.41, 5.74) is 0. The number of thioether (sulfide) groups is 1. The molecule has 0 N–H and O–H groups in total. The third-order valence-electron chi connectivity index (χ3n) is 2.38. The Balaban J connectivity index is 2.63. The van der Waals surface area contributed by atoms with Crippen LogP contribution in [0.3, 0.4) is 0 Å². The summed E-state index contributed by atoms with van der Waals surface area (Å²) in [6, 6.07) is 3.63. The van der Waals surface area contributed by atoms with Crippen molar-refractivity contribution in [3.63, 3.8) is 0 Å². The maximum absolute atomic E-state index is 12.0. The van der Waals surface area contributed by atoms with Crippen molar-refractivity contribution in [2.24, 2.45) is 0 Å². The summed E-state index contributed by atoms with van der Waals surface area (Å²) in [6.07, 6.45) is 0. The highest BCUT2D eigenvalue weighted by molar-refractivity contribution is 8.00. The fourth-order valence-corrected chi connectivity index (χ4v) is 2.10. The number of aromatic nitrogens is 2. The lowest BCUT2D eigenvalue weighted by Gasteiger charge is -2.24. The van der Waals surface area contributed by atoms with Crippen LogP contribution < -0.4 is 0 Å². The van der Waals surface area contributed by atoms with Crippen LogP contribution in [0.1, 0.15) is 20.8 Å². The number of halogens is 1. The SMILES string of the molecule is CC(C)N(C)C(=O)[C@H](C)Sc1ccc(Cl)nn1. The highest BCUT2D eigenvalue weighted by atomic mass is 35.5. The molecule has 17 heavy (non-hydrogen) atoms. The molecule has 0 aromatic carbocycles. The van der Waals surface area contributed by atoms with Gasteiger partial charge in [0.2, 0.25) is 5.91 Å². The van der Waals surface area contributed by atoms with Crippen molar-refractivity contribution in [1.82, 2.24) is 15.1 Å². The van der Waals surface area contributed by atoms with Crippen LogP contribution in [-0.2, 0) is 4.79 Å². The summed E-state index contributed by atoms with van der Waals surface area (Å²) >= 11 is 7.03. The fourth-order valence-electron chi connectivity index (χ4n) is 1.14. The van der Waals surface area contributed by atoms with Crippen LogP contribution in [0.5, 0.6) is 0 Å². The molecule has 1 rings (SSSR count). The molecule has 0 aliphatic rings. The first-order valence-corrected chi connectivity index (χ1v) is 6.60. The number of hydrogen-bond donors (Lipinski definition) is 0. The van der Waals surface area contributed by atoms with Gasteiger partial charge in [-0.25, -0.2) is 0 Å². The average Bonchev–Trinajstić information content (AvgIpc) is 2.30. The molecule has 6 heteroatoms. The monoisotopic (exact) mass is 273 g/mol. The minimum atomic E-state index is -0.183. The van der Waals surface area contributed by atoms with Crippen LogP contribution in [0.25, 0.3) is 0 Å². The summed E-state index contributed by atoms with van der Waals surface area (Å²) in [5, 5.41) is 8.53. The number of carbonyl (C=O) groups is 1. The molecule has 0 unspecified atom stereocenters. The molecule has 1 amide bonds. The Kier molecular flexibility index (Phi) is 5.21. The predicted molar refractivity (Wildman–Crippen MR) is 70.3 cm³/mol. The number of rotatable bonds is 4. The lowest BCUT2D eigenvalue weighted by molar-refractivity contribution is -0.130. The second kappa shape index (κ2) is 6.21. The van der Waals surface area contributed by atoms with E-state index in [2.05, 4.69) is 10.2 Å². The van der Waals surface area contributed by atoms with Crippen molar-refractivity contribution in [3.8, 4) is 0 Å². The van der Waals surface area contributed by atoms with Gasteiger partial charge in [-0.15, -0.1) is 10.2 Å². The maximum Gasteiger partial charge on any atom is 0.235 e. The van der Waals surface area contributed by atoms with E-state index in [-0.39, 0.29) is 17.2 Å². The first-order chi connectivity index (χ1) is 7.91. The third-order valence-corrected chi connectivity index (χ3v) is 3.59. The highest BCUT2D eigenvalue weighted by Crippen LogP contribution is 2.22. The van der Waals surface area contributed by atoms with Gasteiger partial charge in [0.05, 0.1) is 5.25 Å². The molecule has 1 aromatic rings. The van der Waals surface area contributed by atoms with Crippen LogP contribution in [0.2, 0.25) is 5.15 Å². The van der Waals surface area contributed by atoms with Crippen molar-refractivity contribution in [3.05, 3.63) is 17.3 Å². The van der Waals surface area contributed by atoms with Crippen LogP contribution in [0, 0.1) is 0 Å². The predicted octanol–water partition coefficient (Wildman–Crippen LogP) is 2.48. The van der Waals surface area contributed by atoms with E-state index < -0.39 is 0 Å². The van der Waals surface area contributed by atoms with Crippen LogP contribution in [-0.4, -0.2) is 39.3 Å². The summed E-state index contributed by atoms with van der Waals surface area (Å²) in [6.45, 7) is 5.83. The van der Waals surface area contributed by atoms with Crippen molar-refractivity contribution in [2.45, 2.75) is 37.1 Å². The molecule has 1 atom stereocenters. The van der Waals surface area contributed by atoms with E-state index >= 15 is 0 Å². The first kappa shape index (κ1) is 14.3. The minimum Gasteiger partial charge on any atom is -0.342 e. The van der Waals surface area contributed by atoms with E-state index in [0.717, 1.165) is 0 Å². The summed E-state index contributed by atoms with van der Waals surface area (Å²) in [4.78, 5) is 13.7. The van der Waals surface area contributed by atoms with Crippen molar-refractivity contribution < 1.29 is 4.79 Å². The second-order valence-electron chi connectivity index (χ2n) is 4.00. The Morgan fingerprint density at radius 1 is 1.35 bits per heavy atom. The fraction of sp³-hybridized carbons (Fsp3) is 0.545. The normalized spacial score (nSPS) is 12.6. The van der Waals surface area contributed by atoms with Crippen molar-refractivity contribution in [2.75, 3.05) is 7.05 Å². The Labute approximate surface area is 111 Å². The molecular formula is C11H16ClN3OS. The number of hydrogen-bond acceptors (Lipinski definition) is 4. The quantitative estimate of drug-likeness (QED) is 0.791. The Morgan fingerprint density at radius 3 is 2.47 bits per heavy atom. The molecule has 0 aliphatic carbocycles. The van der Waals surface area contributed by atoms with Gasteiger partial charge in [-0.1, -0.05) is 23.4 Å². The lowest BCUT2D eigenvalue weighted by atomic mass is 10.3. The Morgan fingerprint density at radius 2 is 2.00 bits per heavy atom. The first-order valence-electron chi connectivity index (χ1n) is 5.34. The lowest BCUT2D eigenvalue weighted by Crippen LogP contribution is -2.38. The van der Waals surface area contributed by atoms with E-state index in [0.29, 0.717) is 10.2 Å². The molecule has 1 aromatic heterocycles. The van der Waals surface area contributed by atoms with Crippen molar-refractivity contribution >= 4 is 29.3 Å². The molecule has 0 bridgehead atoms. The Hall–Kier alpha value is -0.810. The van der Waals surface area contributed by atoms with E-state index in [1.54, 1.807) is 24.1 Å². The van der Waals surface area contributed by atoms with Crippen LogP contribution in [0.4, 0.5) is 0 Å². The van der Waals surface area contributed by atoms with E-state index in [9.17, 15) is 4.79 Å². The van der Waals surface area contributed by atoms with Gasteiger partial charge in [-0.2, -0.15) is 0 Å². The van der Waals surface area contributed by atoms with E-state index in [4.69, 9.17) is 11.6 Å². The van der Waals surface area contributed by atoms with Gasteiger partial charge < -0.3 is 4.90 Å². The molecule has 0 spiro atoms. The average molecular weight is 274 g/mol. The molecule has 0 saturated heterocycles. The van der Waals surface area contributed by atoms with E-state index in [1.807, 2.05) is 20.8 Å². The summed E-state index contributed by atoms with van der Waals surface area (Å²) in [5.74, 6) is 0.0850. The molecule has 1 heterocycles. The largest absolute Gasteiger partial charge is 0.342 e. The summed E-state index contributed by atoms with van der Waals surface area (Å²) < 4.78 is 0. The highest BCUT2D eigenvalue weighted by Gasteiger charge is 2.20. The minimum absolute atomic E-state index is 0.0850. The van der Waals surface area contributed by atoms with Gasteiger partial charge in [0.1, 0.15) is 5.03 Å². The molecule has 0 saturated carbocycles.